The molecule has 0 heterocycles. The van der Waals surface area contributed by atoms with E-state index in [2.05, 4.69) is 47.5 Å². The van der Waals surface area contributed by atoms with Crippen molar-refractivity contribution in [1.82, 2.24) is 0 Å². The monoisotopic (exact) mass is 255 g/mol. The van der Waals surface area contributed by atoms with Crippen LogP contribution in [0.3, 0.4) is 0 Å². The van der Waals surface area contributed by atoms with Crippen molar-refractivity contribution in [3.05, 3.63) is 39.8 Å². The molecule has 0 spiro atoms. The van der Waals surface area contributed by atoms with Crippen molar-refractivity contribution in [3.63, 3.8) is 0 Å². The van der Waals surface area contributed by atoms with Gasteiger partial charge in [0.05, 0.1) is 0 Å². The highest BCUT2D eigenvalue weighted by molar-refractivity contribution is 5.52. The number of hydrogen-bond acceptors (Lipinski definition) is 0. The Morgan fingerprint density at radius 1 is 0.842 bits per heavy atom. The smallest absolute Gasteiger partial charge is 0.0467 e. The van der Waals surface area contributed by atoms with Crippen molar-refractivity contribution >= 4 is 0 Å². The second-order valence-electron chi connectivity index (χ2n) is 5.73. The summed E-state index contributed by atoms with van der Waals surface area (Å²) in [5.74, 6) is 2.95. The molecule has 0 aliphatic rings. The second-order valence-corrected chi connectivity index (χ2v) is 5.73. The lowest BCUT2D eigenvalue weighted by molar-refractivity contribution is 0.633. The van der Waals surface area contributed by atoms with Crippen molar-refractivity contribution in [2.45, 2.75) is 73.1 Å². The van der Waals surface area contributed by atoms with Crippen LogP contribution in [0.25, 0.3) is 0 Å². The van der Waals surface area contributed by atoms with Gasteiger partial charge in [0.2, 0.25) is 0 Å². The van der Waals surface area contributed by atoms with Crippen molar-refractivity contribution in [2.24, 2.45) is 0 Å². The van der Waals surface area contributed by atoms with Gasteiger partial charge in [-0.05, 0) is 80.8 Å². The average molecular weight is 255 g/mol. The highest BCUT2D eigenvalue weighted by atomic mass is 14.2. The van der Waals surface area contributed by atoms with Gasteiger partial charge in [-0.25, -0.2) is 0 Å². The first-order valence-corrected chi connectivity index (χ1v) is 7.44. The third kappa shape index (κ3) is 3.21. The van der Waals surface area contributed by atoms with Gasteiger partial charge in [0.15, 0.2) is 0 Å². The second kappa shape index (κ2) is 6.80. The van der Waals surface area contributed by atoms with E-state index in [1.165, 1.54) is 52.6 Å². The third-order valence-electron chi connectivity index (χ3n) is 4.68. The van der Waals surface area contributed by atoms with Crippen LogP contribution in [-0.2, 0) is 0 Å². The van der Waals surface area contributed by atoms with Gasteiger partial charge in [-0.2, -0.15) is 0 Å². The highest BCUT2D eigenvalue weighted by Crippen LogP contribution is 2.33. The molecule has 1 radical (unpaired) electrons. The van der Waals surface area contributed by atoms with Crippen LogP contribution in [0.5, 0.6) is 0 Å². The van der Waals surface area contributed by atoms with Gasteiger partial charge in [-0.15, -0.1) is 0 Å². The fourth-order valence-corrected chi connectivity index (χ4v) is 2.94. The molecule has 0 N–H and O–H groups in total. The maximum atomic E-state index is 7.67. The summed E-state index contributed by atoms with van der Waals surface area (Å²) in [4.78, 5) is 0. The van der Waals surface area contributed by atoms with Crippen LogP contribution in [0.15, 0.2) is 0 Å². The lowest BCUT2D eigenvalue weighted by Crippen LogP contribution is -2.07. The maximum Gasteiger partial charge on any atom is 0.0467 e. The Balaban J connectivity index is 3.21. The molecule has 1 atom stereocenters. The highest BCUT2D eigenvalue weighted by Gasteiger charge is 2.18. The predicted octanol–water partition coefficient (Wildman–Crippen LogP) is 5.48. The van der Waals surface area contributed by atoms with Gasteiger partial charge in [-0.3, -0.25) is 0 Å². The van der Waals surface area contributed by atoms with Gasteiger partial charge < -0.3 is 0 Å². The van der Waals surface area contributed by atoms with E-state index in [1.54, 1.807) is 0 Å². The van der Waals surface area contributed by atoms with E-state index in [-0.39, 0.29) is 5.92 Å². The van der Waals surface area contributed by atoms with Crippen LogP contribution in [0.2, 0.25) is 0 Å². The minimum Gasteiger partial charge on any atom is -0.0809 e. The maximum absolute atomic E-state index is 7.67. The minimum absolute atomic E-state index is 0.171. The molecule has 0 aliphatic carbocycles. The molecule has 1 aromatic rings. The molecule has 0 aliphatic heterocycles. The summed E-state index contributed by atoms with van der Waals surface area (Å²) in [6.45, 7) is 13.2. The topological polar surface area (TPSA) is 0 Å². The summed E-state index contributed by atoms with van der Waals surface area (Å²) in [7, 11) is 0. The van der Waals surface area contributed by atoms with Gasteiger partial charge in [0, 0.05) is 5.92 Å². The molecule has 19 heavy (non-hydrogen) atoms. The zero-order valence-electron chi connectivity index (χ0n) is 13.4. The number of unbranched alkanes of at least 4 members (excludes halogenated alkanes) is 2. The predicted molar refractivity (Wildman–Crippen MR) is 84.1 cm³/mol. The molecule has 0 bridgehead atoms. The van der Waals surface area contributed by atoms with Crippen molar-refractivity contribution in [3.8, 4) is 5.92 Å². The SMILES string of the molecule is [C]#CC(CCCCC)c1c(C)c(C)c(C)c(C)c1C. The van der Waals surface area contributed by atoms with E-state index in [0.717, 1.165) is 6.42 Å². The molecule has 0 saturated carbocycles. The third-order valence-corrected chi connectivity index (χ3v) is 4.68. The van der Waals surface area contributed by atoms with Crippen LogP contribution in [0.4, 0.5) is 0 Å². The van der Waals surface area contributed by atoms with Crippen LogP contribution in [0.1, 0.15) is 71.9 Å². The number of hydrogen-bond donors (Lipinski definition) is 0. The molecule has 0 aromatic heterocycles. The molecule has 1 rings (SSSR count). The van der Waals surface area contributed by atoms with E-state index in [4.69, 9.17) is 6.42 Å². The Kier molecular flexibility index (Phi) is 5.67. The fraction of sp³-hybridized carbons (Fsp3) is 0.579. The summed E-state index contributed by atoms with van der Waals surface area (Å²) >= 11 is 0. The number of rotatable bonds is 5. The molecule has 0 amide bonds. The van der Waals surface area contributed by atoms with Crippen molar-refractivity contribution in [2.75, 3.05) is 0 Å². The zero-order chi connectivity index (χ0) is 14.6. The first-order valence-electron chi connectivity index (χ1n) is 7.44. The van der Waals surface area contributed by atoms with E-state index in [9.17, 15) is 0 Å². The Morgan fingerprint density at radius 2 is 1.32 bits per heavy atom. The van der Waals surface area contributed by atoms with Crippen LogP contribution in [-0.4, -0.2) is 0 Å². The molecular weight excluding hydrogens is 228 g/mol. The van der Waals surface area contributed by atoms with E-state index < -0.39 is 0 Å². The Hall–Kier alpha value is -1.22. The molecule has 0 nitrogen and oxygen atoms in total. The van der Waals surface area contributed by atoms with E-state index in [1.807, 2.05) is 0 Å². The summed E-state index contributed by atoms with van der Waals surface area (Å²) < 4.78 is 0. The van der Waals surface area contributed by atoms with Crippen LogP contribution < -0.4 is 0 Å². The van der Waals surface area contributed by atoms with E-state index >= 15 is 0 Å². The number of benzene rings is 1. The Bertz CT molecular complexity index is 457. The quantitative estimate of drug-likeness (QED) is 0.482. The zero-order valence-corrected chi connectivity index (χ0v) is 13.4. The standard InChI is InChI=1S/C19H27/c1-8-10-11-12-18(9-2)19-16(6)14(4)13(3)15(5)17(19)7/h18H,8,10-12H2,1,3-7H3. The van der Waals surface area contributed by atoms with Gasteiger partial charge >= 0.3 is 0 Å². The largest absolute Gasteiger partial charge is 0.0809 e. The minimum atomic E-state index is 0.171. The molecule has 1 unspecified atom stereocenters. The van der Waals surface area contributed by atoms with Gasteiger partial charge in [0.1, 0.15) is 0 Å². The molecule has 0 heteroatoms. The fourth-order valence-electron chi connectivity index (χ4n) is 2.94. The van der Waals surface area contributed by atoms with Crippen LogP contribution >= 0.6 is 0 Å². The van der Waals surface area contributed by atoms with Crippen molar-refractivity contribution in [1.29, 1.82) is 0 Å². The lowest BCUT2D eigenvalue weighted by atomic mass is 9.82. The van der Waals surface area contributed by atoms with Gasteiger partial charge in [0.25, 0.3) is 0 Å². The normalized spacial score (nSPS) is 12.3. The lowest BCUT2D eigenvalue weighted by Gasteiger charge is -2.22. The Morgan fingerprint density at radius 3 is 1.74 bits per heavy atom. The molecule has 103 valence electrons. The van der Waals surface area contributed by atoms with Crippen molar-refractivity contribution < 1.29 is 0 Å². The average Bonchev–Trinajstić information content (AvgIpc) is 2.41. The molecule has 0 saturated heterocycles. The summed E-state index contributed by atoms with van der Waals surface area (Å²) in [6, 6.07) is 0. The Labute approximate surface area is 119 Å². The summed E-state index contributed by atoms with van der Waals surface area (Å²) in [6.07, 6.45) is 12.4. The molecular formula is C19H27. The summed E-state index contributed by atoms with van der Waals surface area (Å²) in [5.41, 5.74) is 8.24. The van der Waals surface area contributed by atoms with Crippen LogP contribution in [0, 0.1) is 47.0 Å². The van der Waals surface area contributed by atoms with Gasteiger partial charge in [-0.1, -0.05) is 32.1 Å². The summed E-state index contributed by atoms with van der Waals surface area (Å²) in [5, 5.41) is 0. The molecule has 1 aromatic carbocycles. The van der Waals surface area contributed by atoms with E-state index in [0.29, 0.717) is 0 Å². The first kappa shape index (κ1) is 15.8. The first-order chi connectivity index (χ1) is 8.95. The molecule has 0 fully saturated rings.